The molecule has 0 fully saturated rings. The van der Waals surface area contributed by atoms with E-state index in [4.69, 9.17) is 10.8 Å². The third kappa shape index (κ3) is 3.86. The van der Waals surface area contributed by atoms with Crippen LogP contribution in [-0.4, -0.2) is 21.9 Å². The highest BCUT2D eigenvalue weighted by molar-refractivity contribution is 7.99. The van der Waals surface area contributed by atoms with Gasteiger partial charge in [0, 0.05) is 5.56 Å². The molecule has 1 N–H and O–H groups in total. The van der Waals surface area contributed by atoms with Gasteiger partial charge in [0.05, 0.1) is 12.3 Å². The molecule has 0 atom stereocenters. The molecule has 0 bridgehead atoms. The summed E-state index contributed by atoms with van der Waals surface area (Å²) in [5.74, 6) is 3.10. The zero-order chi connectivity index (χ0) is 13.5. The predicted molar refractivity (Wildman–Crippen MR) is 71.5 cm³/mol. The first-order valence-corrected chi connectivity index (χ1v) is 6.50. The fourth-order valence-electron chi connectivity index (χ4n) is 1.32. The Morgan fingerprint density at radius 3 is 2.89 bits per heavy atom. The van der Waals surface area contributed by atoms with Crippen molar-refractivity contribution >= 4 is 17.7 Å². The van der Waals surface area contributed by atoms with Crippen LogP contribution in [0.2, 0.25) is 0 Å². The zero-order valence-corrected chi connectivity index (χ0v) is 10.8. The normalized spacial score (nSPS) is 9.84. The lowest BCUT2D eigenvalue weighted by molar-refractivity contribution is 0.0946. The van der Waals surface area contributed by atoms with Crippen LogP contribution in [0.5, 0.6) is 0 Å². The summed E-state index contributed by atoms with van der Waals surface area (Å²) in [5, 5.41) is 10.7. The second kappa shape index (κ2) is 6.61. The number of aromatic nitrogens is 2. The van der Waals surface area contributed by atoms with Gasteiger partial charge in [-0.2, -0.15) is 0 Å². The van der Waals surface area contributed by atoms with E-state index in [9.17, 15) is 4.79 Å². The van der Waals surface area contributed by atoms with Gasteiger partial charge in [0.2, 0.25) is 5.89 Å². The zero-order valence-electron chi connectivity index (χ0n) is 10.00. The minimum atomic E-state index is -0.184. The molecule has 1 heterocycles. The van der Waals surface area contributed by atoms with E-state index in [0.29, 0.717) is 22.4 Å². The summed E-state index contributed by atoms with van der Waals surface area (Å²) >= 11 is 1.28. The summed E-state index contributed by atoms with van der Waals surface area (Å²) in [6, 6.07) is 8.92. The number of nitrogens with zero attached hydrogens (tertiary/aromatic N) is 2. The highest BCUT2D eigenvalue weighted by Gasteiger charge is 2.09. The Labute approximate surface area is 114 Å². The van der Waals surface area contributed by atoms with Crippen LogP contribution in [-0.2, 0) is 6.54 Å². The van der Waals surface area contributed by atoms with Gasteiger partial charge in [0.15, 0.2) is 0 Å². The van der Waals surface area contributed by atoms with Crippen molar-refractivity contribution < 1.29 is 9.21 Å². The highest BCUT2D eigenvalue weighted by atomic mass is 32.2. The maximum atomic E-state index is 11.8. The number of carbonyl (C=O) groups excluding carboxylic acids is 1. The Morgan fingerprint density at radius 2 is 2.16 bits per heavy atom. The number of hydrogen-bond donors (Lipinski definition) is 1. The first-order valence-electron chi connectivity index (χ1n) is 5.51. The summed E-state index contributed by atoms with van der Waals surface area (Å²) in [7, 11) is 0. The van der Waals surface area contributed by atoms with Gasteiger partial charge in [0.25, 0.3) is 11.1 Å². The smallest absolute Gasteiger partial charge is 0.277 e. The van der Waals surface area contributed by atoms with Crippen LogP contribution < -0.4 is 5.32 Å². The maximum absolute atomic E-state index is 11.8. The Morgan fingerprint density at radius 1 is 1.37 bits per heavy atom. The molecule has 0 saturated heterocycles. The van der Waals surface area contributed by atoms with Gasteiger partial charge in [-0.05, 0) is 12.1 Å². The minimum absolute atomic E-state index is 0.184. The standard InChI is InChI=1S/C13H11N3O2S/c1-2-8-19-13-16-15-11(18-13)9-14-12(17)10-6-4-3-5-7-10/h1,3-7H,8-9H2,(H,14,17). The molecule has 0 aliphatic rings. The van der Waals surface area contributed by atoms with E-state index in [1.165, 1.54) is 11.8 Å². The van der Waals surface area contributed by atoms with E-state index in [1.54, 1.807) is 24.3 Å². The molecular weight excluding hydrogens is 262 g/mol. The summed E-state index contributed by atoms with van der Waals surface area (Å²) in [4.78, 5) is 11.8. The molecule has 0 saturated carbocycles. The molecular formula is C13H11N3O2S. The molecule has 2 rings (SSSR count). The lowest BCUT2D eigenvalue weighted by Crippen LogP contribution is -2.22. The number of benzene rings is 1. The van der Waals surface area contributed by atoms with Crippen LogP contribution >= 0.6 is 11.8 Å². The van der Waals surface area contributed by atoms with Crippen molar-refractivity contribution in [2.45, 2.75) is 11.8 Å². The van der Waals surface area contributed by atoms with E-state index in [0.717, 1.165) is 0 Å². The molecule has 1 amide bonds. The summed E-state index contributed by atoms with van der Waals surface area (Å²) in [6.45, 7) is 0.192. The second-order valence-electron chi connectivity index (χ2n) is 3.50. The molecule has 1 aromatic heterocycles. The van der Waals surface area contributed by atoms with Gasteiger partial charge < -0.3 is 9.73 Å². The monoisotopic (exact) mass is 273 g/mol. The van der Waals surface area contributed by atoms with Gasteiger partial charge >= 0.3 is 0 Å². The molecule has 2 aromatic rings. The number of carbonyl (C=O) groups is 1. The van der Waals surface area contributed by atoms with Crippen LogP contribution in [0, 0.1) is 12.3 Å². The van der Waals surface area contributed by atoms with Crippen LogP contribution in [0.3, 0.4) is 0 Å². The van der Waals surface area contributed by atoms with Crippen molar-refractivity contribution in [1.82, 2.24) is 15.5 Å². The summed E-state index contributed by atoms with van der Waals surface area (Å²) in [6.07, 6.45) is 5.13. The summed E-state index contributed by atoms with van der Waals surface area (Å²) < 4.78 is 5.30. The van der Waals surface area contributed by atoms with Crippen molar-refractivity contribution in [3.05, 3.63) is 41.8 Å². The number of thioether (sulfide) groups is 1. The van der Waals surface area contributed by atoms with Gasteiger partial charge in [-0.15, -0.1) is 16.6 Å². The fourth-order valence-corrected chi connectivity index (χ4v) is 1.78. The van der Waals surface area contributed by atoms with Gasteiger partial charge in [-0.1, -0.05) is 35.9 Å². The van der Waals surface area contributed by atoms with Crippen LogP contribution in [0.15, 0.2) is 40.0 Å². The Balaban J connectivity index is 1.87. The SMILES string of the molecule is C#CCSc1nnc(CNC(=O)c2ccccc2)o1. The topological polar surface area (TPSA) is 68.0 Å². The molecule has 6 heteroatoms. The van der Waals surface area contributed by atoms with E-state index in [-0.39, 0.29) is 12.5 Å². The molecule has 96 valence electrons. The van der Waals surface area contributed by atoms with Crippen molar-refractivity contribution in [2.75, 3.05) is 5.75 Å². The second-order valence-corrected chi connectivity index (χ2v) is 4.43. The Hall–Kier alpha value is -2.26. The molecule has 0 aliphatic carbocycles. The van der Waals surface area contributed by atoms with Gasteiger partial charge in [0.1, 0.15) is 0 Å². The van der Waals surface area contributed by atoms with Crippen molar-refractivity contribution in [3.8, 4) is 12.3 Å². The number of amides is 1. The van der Waals surface area contributed by atoms with Gasteiger partial charge in [-0.25, -0.2) is 0 Å². The third-order valence-corrected chi connectivity index (χ3v) is 2.89. The molecule has 19 heavy (non-hydrogen) atoms. The van der Waals surface area contributed by atoms with Crippen LogP contribution in [0.1, 0.15) is 16.2 Å². The number of hydrogen-bond acceptors (Lipinski definition) is 5. The molecule has 0 spiro atoms. The number of nitrogens with one attached hydrogen (secondary N) is 1. The molecule has 5 nitrogen and oxygen atoms in total. The third-order valence-electron chi connectivity index (χ3n) is 2.16. The lowest BCUT2D eigenvalue weighted by atomic mass is 10.2. The number of rotatable bonds is 5. The average molecular weight is 273 g/mol. The largest absolute Gasteiger partial charge is 0.414 e. The van der Waals surface area contributed by atoms with E-state index < -0.39 is 0 Å². The summed E-state index contributed by atoms with van der Waals surface area (Å²) in [5.41, 5.74) is 0.587. The van der Waals surface area contributed by atoms with Crippen molar-refractivity contribution in [1.29, 1.82) is 0 Å². The molecule has 0 unspecified atom stereocenters. The molecule has 0 radical (unpaired) electrons. The van der Waals surface area contributed by atoms with Crippen LogP contribution in [0.25, 0.3) is 0 Å². The number of terminal acetylenes is 1. The van der Waals surface area contributed by atoms with Crippen molar-refractivity contribution in [2.24, 2.45) is 0 Å². The van der Waals surface area contributed by atoms with Gasteiger partial charge in [-0.3, -0.25) is 4.79 Å². The van der Waals surface area contributed by atoms with E-state index in [1.807, 2.05) is 6.07 Å². The fraction of sp³-hybridized carbons (Fsp3) is 0.154. The average Bonchev–Trinajstić information content (AvgIpc) is 2.91. The molecule has 1 aromatic carbocycles. The predicted octanol–water partition coefficient (Wildman–Crippen LogP) is 1.72. The van der Waals surface area contributed by atoms with E-state index >= 15 is 0 Å². The first-order chi connectivity index (χ1) is 9.29. The van der Waals surface area contributed by atoms with Crippen LogP contribution in [0.4, 0.5) is 0 Å². The van der Waals surface area contributed by atoms with E-state index in [2.05, 4.69) is 21.4 Å². The lowest BCUT2D eigenvalue weighted by Gasteiger charge is -2.01. The van der Waals surface area contributed by atoms with Crippen molar-refractivity contribution in [3.63, 3.8) is 0 Å². The molecule has 0 aliphatic heterocycles. The highest BCUT2D eigenvalue weighted by Crippen LogP contribution is 2.14. The maximum Gasteiger partial charge on any atom is 0.277 e. The Kier molecular flexibility index (Phi) is 4.59. The first kappa shape index (κ1) is 13.2. The Bertz CT molecular complexity index is 589. The minimum Gasteiger partial charge on any atom is -0.414 e. The quantitative estimate of drug-likeness (QED) is 0.663.